The van der Waals surface area contributed by atoms with Crippen LogP contribution in [0, 0.1) is 6.92 Å². The molecule has 1 saturated heterocycles. The van der Waals surface area contributed by atoms with Gasteiger partial charge in [0.05, 0.1) is 30.4 Å². The van der Waals surface area contributed by atoms with E-state index >= 15 is 0 Å². The number of aliphatic hydroxyl groups is 1. The lowest BCUT2D eigenvalue weighted by atomic mass is 9.93. The summed E-state index contributed by atoms with van der Waals surface area (Å²) in [4.78, 5) is 28.3. The van der Waals surface area contributed by atoms with Crippen LogP contribution >= 0.6 is 0 Å². The summed E-state index contributed by atoms with van der Waals surface area (Å²) in [6.07, 6.45) is 3.79. The van der Waals surface area contributed by atoms with E-state index in [-0.39, 0.29) is 17.4 Å². The van der Waals surface area contributed by atoms with Crippen LogP contribution in [0.15, 0.2) is 48.0 Å². The fourth-order valence-electron chi connectivity index (χ4n) is 4.95. The van der Waals surface area contributed by atoms with Crippen molar-refractivity contribution in [1.29, 1.82) is 0 Å². The number of benzene rings is 2. The van der Waals surface area contributed by atoms with E-state index in [1.165, 1.54) is 0 Å². The molecule has 1 unspecified atom stereocenters. The van der Waals surface area contributed by atoms with Gasteiger partial charge in [0.25, 0.3) is 11.7 Å². The summed E-state index contributed by atoms with van der Waals surface area (Å²) in [6, 6.07) is 12.3. The van der Waals surface area contributed by atoms with Crippen LogP contribution in [0.4, 0.5) is 0 Å². The summed E-state index contributed by atoms with van der Waals surface area (Å²) in [5, 5.41) is 11.5. The summed E-state index contributed by atoms with van der Waals surface area (Å²) >= 11 is 0. The van der Waals surface area contributed by atoms with Crippen LogP contribution in [0.2, 0.25) is 0 Å². The molecule has 2 aromatic rings. The highest BCUT2D eigenvalue weighted by Gasteiger charge is 2.49. The van der Waals surface area contributed by atoms with Crippen molar-refractivity contribution < 1.29 is 24.2 Å². The monoisotopic (exact) mass is 449 g/mol. The Hall–Kier alpha value is -3.28. The van der Waals surface area contributed by atoms with Crippen molar-refractivity contribution in [3.8, 4) is 11.5 Å². The molecule has 174 valence electrons. The van der Waals surface area contributed by atoms with Gasteiger partial charge in [-0.15, -0.1) is 0 Å². The van der Waals surface area contributed by atoms with E-state index in [9.17, 15) is 14.7 Å². The second-order valence-electron chi connectivity index (χ2n) is 8.58. The highest BCUT2D eigenvalue weighted by molar-refractivity contribution is 6.46. The molecule has 1 aliphatic carbocycles. The fraction of sp³-hybridized carbons (Fsp3) is 0.407. The minimum atomic E-state index is -0.651. The van der Waals surface area contributed by atoms with Gasteiger partial charge < -0.3 is 19.5 Å². The minimum Gasteiger partial charge on any atom is -0.507 e. The number of ketones is 1. The number of hydrogen-bond donors (Lipinski definition) is 1. The van der Waals surface area contributed by atoms with Gasteiger partial charge in [-0.25, -0.2) is 0 Å². The molecule has 0 bridgehead atoms. The largest absolute Gasteiger partial charge is 0.507 e. The highest BCUT2D eigenvalue weighted by atomic mass is 16.5. The molecule has 4 rings (SSSR count). The summed E-state index contributed by atoms with van der Waals surface area (Å²) < 4.78 is 11.3. The van der Waals surface area contributed by atoms with Crippen molar-refractivity contribution >= 4 is 17.4 Å². The number of nitrogens with zero attached hydrogens (tertiary/aromatic N) is 1. The van der Waals surface area contributed by atoms with Crippen molar-refractivity contribution in [2.45, 2.75) is 58.5 Å². The maximum atomic E-state index is 13.3. The molecule has 6 heteroatoms. The van der Waals surface area contributed by atoms with Crippen LogP contribution in [0.25, 0.3) is 5.76 Å². The predicted molar refractivity (Wildman–Crippen MR) is 126 cm³/mol. The summed E-state index contributed by atoms with van der Waals surface area (Å²) in [7, 11) is 0. The topological polar surface area (TPSA) is 76.1 Å². The first-order valence-corrected chi connectivity index (χ1v) is 11.7. The Kier molecular flexibility index (Phi) is 6.72. The molecule has 2 aromatic carbocycles. The molecule has 1 amide bonds. The van der Waals surface area contributed by atoms with Gasteiger partial charge in [0.15, 0.2) is 0 Å². The maximum absolute atomic E-state index is 13.3. The number of likely N-dealkylation sites (tertiary alicyclic amines) is 1. The lowest BCUT2D eigenvalue weighted by molar-refractivity contribution is -0.141. The number of ether oxygens (including phenoxy) is 2. The second kappa shape index (κ2) is 9.69. The third kappa shape index (κ3) is 4.34. The van der Waals surface area contributed by atoms with Crippen molar-refractivity contribution in [2.24, 2.45) is 0 Å². The molecule has 0 spiro atoms. The number of hydrogen-bond acceptors (Lipinski definition) is 5. The molecule has 2 aliphatic rings. The number of carbonyl (C=O) groups is 2. The van der Waals surface area contributed by atoms with Crippen LogP contribution in [0.1, 0.15) is 62.3 Å². The Morgan fingerprint density at radius 1 is 1.03 bits per heavy atom. The molecule has 2 fully saturated rings. The van der Waals surface area contributed by atoms with Crippen LogP contribution in [-0.4, -0.2) is 41.0 Å². The Morgan fingerprint density at radius 2 is 1.76 bits per heavy atom. The van der Waals surface area contributed by atoms with Gasteiger partial charge in [0.1, 0.15) is 17.3 Å². The molecule has 33 heavy (non-hydrogen) atoms. The van der Waals surface area contributed by atoms with E-state index in [4.69, 9.17) is 9.47 Å². The van der Waals surface area contributed by atoms with E-state index in [1.807, 2.05) is 45.0 Å². The number of amides is 1. The minimum absolute atomic E-state index is 0.0102. The Balaban J connectivity index is 1.89. The zero-order chi connectivity index (χ0) is 23.5. The summed E-state index contributed by atoms with van der Waals surface area (Å²) in [5.41, 5.74) is 2.34. The molecular weight excluding hydrogens is 418 g/mol. The fourth-order valence-corrected chi connectivity index (χ4v) is 4.95. The molecule has 0 aromatic heterocycles. The van der Waals surface area contributed by atoms with Gasteiger partial charge in [-0.2, -0.15) is 0 Å². The third-order valence-corrected chi connectivity index (χ3v) is 6.38. The van der Waals surface area contributed by atoms with Crippen molar-refractivity contribution in [1.82, 2.24) is 4.90 Å². The lowest BCUT2D eigenvalue weighted by Gasteiger charge is -2.31. The molecule has 1 saturated carbocycles. The Morgan fingerprint density at radius 3 is 2.42 bits per heavy atom. The van der Waals surface area contributed by atoms with E-state index in [2.05, 4.69) is 0 Å². The first-order chi connectivity index (χ1) is 16.0. The second-order valence-corrected chi connectivity index (χ2v) is 8.58. The van der Waals surface area contributed by atoms with Gasteiger partial charge in [-0.3, -0.25) is 9.59 Å². The van der Waals surface area contributed by atoms with Crippen molar-refractivity contribution in [3.05, 3.63) is 64.7 Å². The number of rotatable bonds is 7. The summed E-state index contributed by atoms with van der Waals surface area (Å²) in [5.74, 6) is -0.386. The first-order valence-electron chi connectivity index (χ1n) is 11.7. The van der Waals surface area contributed by atoms with Gasteiger partial charge in [0, 0.05) is 12.1 Å². The van der Waals surface area contributed by atoms with Gasteiger partial charge in [0.2, 0.25) is 0 Å². The number of Topliss-reactive ketones (excluding diaryl/α,β-unsaturated/α-hetero) is 1. The smallest absolute Gasteiger partial charge is 0.295 e. The Labute approximate surface area is 194 Å². The molecule has 1 heterocycles. The van der Waals surface area contributed by atoms with Crippen LogP contribution in [-0.2, 0) is 9.59 Å². The maximum Gasteiger partial charge on any atom is 0.295 e. The zero-order valence-corrected chi connectivity index (χ0v) is 19.5. The summed E-state index contributed by atoms with van der Waals surface area (Å²) in [6.45, 7) is 6.60. The molecule has 1 N–H and O–H groups in total. The standard InChI is InChI=1S/C27H31NO5/c1-4-32-20-13-14-21(22(16-20)33-5-2)25(29)23-24(18-10-8-9-17(3)15-18)28(27(31)26(23)30)19-11-6-7-12-19/h8-10,13-16,19,24,29H,4-7,11-12H2,1-3H3/b25-23-. The average molecular weight is 450 g/mol. The first kappa shape index (κ1) is 22.9. The molecule has 0 radical (unpaired) electrons. The van der Waals surface area contributed by atoms with Crippen LogP contribution in [0.5, 0.6) is 11.5 Å². The van der Waals surface area contributed by atoms with Crippen molar-refractivity contribution in [2.75, 3.05) is 13.2 Å². The molecular formula is C27H31NO5. The van der Waals surface area contributed by atoms with Crippen molar-refractivity contribution in [3.63, 3.8) is 0 Å². The Bertz CT molecular complexity index is 1080. The van der Waals surface area contributed by atoms with Gasteiger partial charge in [-0.05, 0) is 51.3 Å². The predicted octanol–water partition coefficient (Wildman–Crippen LogP) is 5.16. The van der Waals surface area contributed by atoms with E-state index in [0.717, 1.165) is 36.8 Å². The zero-order valence-electron chi connectivity index (χ0n) is 19.5. The highest BCUT2D eigenvalue weighted by Crippen LogP contribution is 2.44. The van der Waals surface area contributed by atoms with Gasteiger partial charge in [-0.1, -0.05) is 42.7 Å². The molecule has 1 atom stereocenters. The SMILES string of the molecule is CCOc1ccc(/C(O)=C2/C(=O)C(=O)N(C3CCCC3)C2c2cccc(C)c2)c(OCC)c1. The van der Waals surface area contributed by atoms with E-state index < -0.39 is 17.7 Å². The van der Waals surface area contributed by atoms with Gasteiger partial charge >= 0.3 is 0 Å². The normalized spacial score (nSPS) is 20.5. The number of aryl methyl sites for hydroxylation is 1. The van der Waals surface area contributed by atoms with E-state index in [1.54, 1.807) is 23.1 Å². The average Bonchev–Trinajstić information content (AvgIpc) is 3.41. The van der Waals surface area contributed by atoms with E-state index in [0.29, 0.717) is 30.3 Å². The molecule has 1 aliphatic heterocycles. The molecule has 6 nitrogen and oxygen atoms in total. The lowest BCUT2D eigenvalue weighted by Crippen LogP contribution is -2.37. The number of carbonyl (C=O) groups excluding carboxylic acids is 2. The number of aliphatic hydroxyl groups excluding tert-OH is 1. The quantitative estimate of drug-likeness (QED) is 0.359. The van der Waals surface area contributed by atoms with Crippen LogP contribution < -0.4 is 9.47 Å². The van der Waals surface area contributed by atoms with Crippen LogP contribution in [0.3, 0.4) is 0 Å². The third-order valence-electron chi connectivity index (χ3n) is 6.38.